The first-order chi connectivity index (χ1) is 15.8. The number of hydrogen-bond donors (Lipinski definition) is 0. The maximum Gasteiger partial charge on any atom is 0.262 e. The van der Waals surface area contributed by atoms with Crippen LogP contribution in [0.1, 0.15) is 39.5 Å². The number of likely N-dealkylation sites (N-methyl/N-ethyl adjacent to an activating group) is 1. The van der Waals surface area contributed by atoms with E-state index < -0.39 is 11.7 Å². The molecule has 0 aliphatic carbocycles. The molecule has 3 aromatic rings. The second kappa shape index (κ2) is 9.55. The van der Waals surface area contributed by atoms with Crippen molar-refractivity contribution in [1.82, 2.24) is 9.91 Å². The van der Waals surface area contributed by atoms with Gasteiger partial charge in [0.25, 0.3) is 11.8 Å². The third-order valence-electron chi connectivity index (χ3n) is 5.64. The average molecular weight is 464 g/mol. The first-order valence-corrected chi connectivity index (χ1v) is 10.9. The molecule has 4 rings (SSSR count). The van der Waals surface area contributed by atoms with Crippen LogP contribution in [-0.2, 0) is 4.79 Å². The number of carbonyl (C=O) groups is 2. The zero-order valence-electron chi connectivity index (χ0n) is 18.3. The fourth-order valence-corrected chi connectivity index (χ4v) is 4.08. The van der Waals surface area contributed by atoms with Gasteiger partial charge in [-0.25, -0.2) is 9.40 Å². The van der Waals surface area contributed by atoms with Gasteiger partial charge in [0.1, 0.15) is 12.4 Å². The van der Waals surface area contributed by atoms with Crippen molar-refractivity contribution in [2.45, 2.75) is 19.4 Å². The predicted octanol–water partition coefficient (Wildman–Crippen LogP) is 5.24. The number of carbonyl (C=O) groups excluding carboxylic acids is 2. The Labute approximate surface area is 197 Å². The SMILES string of the molecule is Cc1ccc([C@@H]2CC(c3ccccc3Cl)=NN2C(=O)CN(C)C(=O)c2ccccc2F)cc1. The highest BCUT2D eigenvalue weighted by molar-refractivity contribution is 6.34. The molecule has 1 atom stereocenters. The average Bonchev–Trinajstić information content (AvgIpc) is 3.25. The van der Waals surface area contributed by atoms with E-state index in [1.165, 1.54) is 35.2 Å². The summed E-state index contributed by atoms with van der Waals surface area (Å²) in [5, 5.41) is 6.57. The highest BCUT2D eigenvalue weighted by Crippen LogP contribution is 2.34. The van der Waals surface area contributed by atoms with Gasteiger partial charge in [0.2, 0.25) is 0 Å². The summed E-state index contributed by atoms with van der Waals surface area (Å²) >= 11 is 6.38. The number of hydrogen-bond acceptors (Lipinski definition) is 3. The summed E-state index contributed by atoms with van der Waals surface area (Å²) in [5.41, 5.74) is 3.43. The number of rotatable bonds is 5. The van der Waals surface area contributed by atoms with Gasteiger partial charge in [-0.2, -0.15) is 5.10 Å². The molecule has 0 fully saturated rings. The number of nitrogens with zero attached hydrogens (tertiary/aromatic N) is 3. The van der Waals surface area contributed by atoms with E-state index in [0.29, 0.717) is 17.2 Å². The molecule has 2 amide bonds. The molecule has 0 N–H and O–H groups in total. The fourth-order valence-electron chi connectivity index (χ4n) is 3.83. The molecule has 1 aliphatic heterocycles. The monoisotopic (exact) mass is 463 g/mol. The van der Waals surface area contributed by atoms with E-state index in [2.05, 4.69) is 5.10 Å². The van der Waals surface area contributed by atoms with Crippen molar-refractivity contribution < 1.29 is 14.0 Å². The highest BCUT2D eigenvalue weighted by atomic mass is 35.5. The molecule has 1 heterocycles. The Morgan fingerprint density at radius 2 is 1.73 bits per heavy atom. The smallest absolute Gasteiger partial charge is 0.262 e. The molecule has 0 saturated carbocycles. The molecule has 5 nitrogen and oxygen atoms in total. The van der Waals surface area contributed by atoms with E-state index in [4.69, 9.17) is 11.6 Å². The quantitative estimate of drug-likeness (QED) is 0.519. The van der Waals surface area contributed by atoms with E-state index in [-0.39, 0.29) is 24.1 Å². The second-order valence-electron chi connectivity index (χ2n) is 8.04. The lowest BCUT2D eigenvalue weighted by Gasteiger charge is -2.25. The molecule has 0 radical (unpaired) electrons. The van der Waals surface area contributed by atoms with Crippen LogP contribution in [0.25, 0.3) is 0 Å². The molecule has 1 aliphatic rings. The third kappa shape index (κ3) is 4.81. The van der Waals surface area contributed by atoms with Gasteiger partial charge in [0, 0.05) is 24.1 Å². The summed E-state index contributed by atoms with van der Waals surface area (Å²) in [7, 11) is 1.47. The zero-order valence-corrected chi connectivity index (χ0v) is 19.1. The lowest BCUT2D eigenvalue weighted by molar-refractivity contribution is -0.133. The zero-order chi connectivity index (χ0) is 23.5. The highest BCUT2D eigenvalue weighted by Gasteiger charge is 2.34. The van der Waals surface area contributed by atoms with E-state index in [0.717, 1.165) is 16.7 Å². The molecule has 0 aromatic heterocycles. The molecule has 0 spiro atoms. The lowest BCUT2D eigenvalue weighted by Crippen LogP contribution is -2.39. The third-order valence-corrected chi connectivity index (χ3v) is 5.97. The van der Waals surface area contributed by atoms with Crippen molar-refractivity contribution >= 4 is 29.1 Å². The second-order valence-corrected chi connectivity index (χ2v) is 8.44. The molecule has 168 valence electrons. The minimum Gasteiger partial charge on any atom is -0.332 e. The van der Waals surface area contributed by atoms with E-state index in [1.807, 2.05) is 49.4 Å². The van der Waals surface area contributed by atoms with Crippen molar-refractivity contribution in [1.29, 1.82) is 0 Å². The van der Waals surface area contributed by atoms with Crippen molar-refractivity contribution in [2.75, 3.05) is 13.6 Å². The van der Waals surface area contributed by atoms with Gasteiger partial charge >= 0.3 is 0 Å². The summed E-state index contributed by atoms with van der Waals surface area (Å²) in [6, 6.07) is 20.7. The van der Waals surface area contributed by atoms with Crippen LogP contribution in [0.3, 0.4) is 0 Å². The summed E-state index contributed by atoms with van der Waals surface area (Å²) in [6.07, 6.45) is 0.490. The van der Waals surface area contributed by atoms with Crippen LogP contribution in [0.2, 0.25) is 5.02 Å². The predicted molar refractivity (Wildman–Crippen MR) is 127 cm³/mol. The van der Waals surface area contributed by atoms with Gasteiger partial charge in [-0.3, -0.25) is 9.59 Å². The fraction of sp³-hybridized carbons (Fsp3) is 0.192. The van der Waals surface area contributed by atoms with Crippen molar-refractivity contribution in [3.8, 4) is 0 Å². The molecule has 33 heavy (non-hydrogen) atoms. The molecular formula is C26H23ClFN3O2. The Morgan fingerprint density at radius 3 is 2.42 bits per heavy atom. The van der Waals surface area contributed by atoms with Gasteiger partial charge in [0.15, 0.2) is 0 Å². The maximum atomic E-state index is 14.1. The topological polar surface area (TPSA) is 53.0 Å². The Hall–Kier alpha value is -3.51. The van der Waals surface area contributed by atoms with Crippen molar-refractivity contribution in [2.24, 2.45) is 5.10 Å². The van der Waals surface area contributed by atoms with Crippen LogP contribution < -0.4 is 0 Å². The van der Waals surface area contributed by atoms with Crippen LogP contribution in [-0.4, -0.2) is 41.0 Å². The number of hydrazone groups is 1. The molecule has 0 bridgehead atoms. The number of amides is 2. The minimum atomic E-state index is -0.625. The van der Waals surface area contributed by atoms with Gasteiger partial charge in [-0.1, -0.05) is 71.8 Å². The van der Waals surface area contributed by atoms with Gasteiger partial charge < -0.3 is 4.90 Å². The Morgan fingerprint density at radius 1 is 1.06 bits per heavy atom. The first kappa shape index (κ1) is 22.7. The van der Waals surface area contributed by atoms with Crippen LogP contribution in [0.15, 0.2) is 77.9 Å². The first-order valence-electron chi connectivity index (χ1n) is 10.6. The molecule has 0 saturated heterocycles. The maximum absolute atomic E-state index is 14.1. The Bertz CT molecular complexity index is 1230. The number of halogens is 2. The summed E-state index contributed by atoms with van der Waals surface area (Å²) in [4.78, 5) is 27.2. The van der Waals surface area contributed by atoms with Gasteiger partial charge in [-0.15, -0.1) is 0 Å². The summed E-state index contributed by atoms with van der Waals surface area (Å²) in [5.74, 6) is -1.56. The standard InChI is InChI=1S/C26H23ClFN3O2/c1-17-11-13-18(14-12-17)24-15-23(19-7-3-5-9-21(19)27)29-31(24)25(32)16-30(2)26(33)20-8-4-6-10-22(20)28/h3-14,24H,15-16H2,1-2H3/t24-/m0/s1. The summed E-state index contributed by atoms with van der Waals surface area (Å²) in [6.45, 7) is 1.76. The van der Waals surface area contributed by atoms with E-state index in [1.54, 1.807) is 12.1 Å². The van der Waals surface area contributed by atoms with E-state index >= 15 is 0 Å². The van der Waals surface area contributed by atoms with Crippen LogP contribution in [0, 0.1) is 12.7 Å². The molecule has 7 heteroatoms. The van der Waals surface area contributed by atoms with Crippen molar-refractivity contribution in [3.63, 3.8) is 0 Å². The Balaban J connectivity index is 1.61. The molecular weight excluding hydrogens is 441 g/mol. The molecule has 0 unspecified atom stereocenters. The van der Waals surface area contributed by atoms with Gasteiger partial charge in [-0.05, 0) is 30.7 Å². The number of aryl methyl sites for hydroxylation is 1. The lowest BCUT2D eigenvalue weighted by atomic mass is 9.97. The van der Waals surface area contributed by atoms with Crippen LogP contribution in [0.5, 0.6) is 0 Å². The molecule has 3 aromatic carbocycles. The summed E-state index contributed by atoms with van der Waals surface area (Å²) < 4.78 is 14.1. The van der Waals surface area contributed by atoms with Gasteiger partial charge in [0.05, 0.1) is 17.3 Å². The normalized spacial score (nSPS) is 15.3. The van der Waals surface area contributed by atoms with E-state index in [9.17, 15) is 14.0 Å². The number of benzene rings is 3. The largest absolute Gasteiger partial charge is 0.332 e. The van der Waals surface area contributed by atoms with Crippen LogP contribution in [0.4, 0.5) is 4.39 Å². The Kier molecular flexibility index (Phi) is 6.56. The van der Waals surface area contributed by atoms with Crippen molar-refractivity contribution in [3.05, 3.63) is 106 Å². The van der Waals surface area contributed by atoms with Crippen LogP contribution >= 0.6 is 11.6 Å². The minimum absolute atomic E-state index is 0.0791.